The zero-order chi connectivity index (χ0) is 13.2. The van der Waals surface area contributed by atoms with Crippen molar-refractivity contribution < 1.29 is 9.53 Å². The van der Waals surface area contributed by atoms with Gasteiger partial charge in [0.15, 0.2) is 0 Å². The third-order valence-corrected chi connectivity index (χ3v) is 4.98. The smallest absolute Gasteiger partial charge is 0.409 e. The molecule has 3 fully saturated rings. The Kier molecular flexibility index (Phi) is 3.93. The van der Waals surface area contributed by atoms with Crippen LogP contribution in [0.2, 0.25) is 0 Å². The molecule has 3 atom stereocenters. The zero-order valence-electron chi connectivity index (χ0n) is 11.8. The number of piperazine rings is 1. The average Bonchev–Trinajstić information content (AvgIpc) is 2.99. The van der Waals surface area contributed by atoms with Crippen molar-refractivity contribution in [2.24, 2.45) is 0 Å². The summed E-state index contributed by atoms with van der Waals surface area (Å²) in [6, 6.07) is 1.36. The molecule has 2 saturated heterocycles. The molecule has 0 radical (unpaired) electrons. The molecule has 0 aromatic heterocycles. The Balaban J connectivity index is 1.74. The van der Waals surface area contributed by atoms with Crippen LogP contribution >= 0.6 is 0 Å². The molecule has 1 aliphatic carbocycles. The molecule has 0 aromatic carbocycles. The fourth-order valence-corrected chi connectivity index (χ4v) is 4.12. The number of fused-ring (bicyclic) bond motifs is 1. The number of hydrogen-bond donors (Lipinski definition) is 1. The van der Waals surface area contributed by atoms with Gasteiger partial charge in [-0.3, -0.25) is 4.90 Å². The standard InChI is InChI=1S/C14H25N3O2/c1-19-14(18)17-10-7-15-13-11(5-4-6-12(13)17)16-8-2-3-9-16/h11-13,15H,2-10H2,1H3. The zero-order valence-corrected chi connectivity index (χ0v) is 11.8. The number of nitrogens with one attached hydrogen (secondary N) is 1. The molecule has 5 nitrogen and oxygen atoms in total. The van der Waals surface area contributed by atoms with Crippen LogP contribution in [0.1, 0.15) is 32.1 Å². The number of ether oxygens (including phenoxy) is 1. The van der Waals surface area contributed by atoms with E-state index in [-0.39, 0.29) is 6.09 Å². The molecule has 108 valence electrons. The minimum Gasteiger partial charge on any atom is -0.453 e. The highest BCUT2D eigenvalue weighted by Crippen LogP contribution is 2.31. The Labute approximate surface area is 115 Å². The summed E-state index contributed by atoms with van der Waals surface area (Å²) in [4.78, 5) is 16.5. The molecule has 5 heteroatoms. The van der Waals surface area contributed by atoms with Crippen molar-refractivity contribution in [1.29, 1.82) is 0 Å². The van der Waals surface area contributed by atoms with Crippen molar-refractivity contribution in [1.82, 2.24) is 15.1 Å². The van der Waals surface area contributed by atoms with Gasteiger partial charge in [0.2, 0.25) is 0 Å². The van der Waals surface area contributed by atoms with Gasteiger partial charge in [-0.1, -0.05) is 0 Å². The van der Waals surface area contributed by atoms with Crippen molar-refractivity contribution in [3.63, 3.8) is 0 Å². The second-order valence-corrected chi connectivity index (χ2v) is 5.95. The maximum Gasteiger partial charge on any atom is 0.409 e. The largest absolute Gasteiger partial charge is 0.453 e. The van der Waals surface area contributed by atoms with Gasteiger partial charge in [-0.05, 0) is 45.2 Å². The molecule has 0 bridgehead atoms. The van der Waals surface area contributed by atoms with Crippen molar-refractivity contribution >= 4 is 6.09 Å². The highest BCUT2D eigenvalue weighted by molar-refractivity contribution is 5.68. The number of methoxy groups -OCH3 is 1. The first kappa shape index (κ1) is 13.2. The van der Waals surface area contributed by atoms with Crippen molar-refractivity contribution in [2.75, 3.05) is 33.3 Å². The van der Waals surface area contributed by atoms with Crippen LogP contribution in [-0.2, 0) is 4.74 Å². The summed E-state index contributed by atoms with van der Waals surface area (Å²) in [7, 11) is 1.49. The maximum absolute atomic E-state index is 11.9. The van der Waals surface area contributed by atoms with Gasteiger partial charge in [0.25, 0.3) is 0 Å². The summed E-state index contributed by atoms with van der Waals surface area (Å²) in [5.41, 5.74) is 0. The van der Waals surface area contributed by atoms with Gasteiger partial charge < -0.3 is 15.0 Å². The Hall–Kier alpha value is -0.810. The van der Waals surface area contributed by atoms with Gasteiger partial charge in [-0.15, -0.1) is 0 Å². The molecule has 3 aliphatic rings. The van der Waals surface area contributed by atoms with Crippen LogP contribution in [0, 0.1) is 0 Å². The summed E-state index contributed by atoms with van der Waals surface area (Å²) < 4.78 is 4.95. The van der Waals surface area contributed by atoms with E-state index < -0.39 is 0 Å². The van der Waals surface area contributed by atoms with Gasteiger partial charge in [-0.25, -0.2) is 4.79 Å². The molecule has 2 aliphatic heterocycles. The second-order valence-electron chi connectivity index (χ2n) is 5.95. The van der Waals surface area contributed by atoms with Crippen LogP contribution in [0.3, 0.4) is 0 Å². The fraction of sp³-hybridized carbons (Fsp3) is 0.929. The van der Waals surface area contributed by atoms with Gasteiger partial charge in [0.1, 0.15) is 0 Å². The highest BCUT2D eigenvalue weighted by atomic mass is 16.5. The van der Waals surface area contributed by atoms with E-state index in [1.165, 1.54) is 45.9 Å². The molecule has 3 unspecified atom stereocenters. The molecule has 1 saturated carbocycles. The molecule has 1 amide bonds. The first-order valence-electron chi connectivity index (χ1n) is 7.63. The van der Waals surface area contributed by atoms with Crippen LogP contribution in [0.4, 0.5) is 4.79 Å². The number of carbonyl (C=O) groups excluding carboxylic acids is 1. The van der Waals surface area contributed by atoms with Gasteiger partial charge in [0.05, 0.1) is 13.2 Å². The van der Waals surface area contributed by atoms with E-state index in [2.05, 4.69) is 10.2 Å². The van der Waals surface area contributed by atoms with E-state index in [9.17, 15) is 4.79 Å². The first-order chi connectivity index (χ1) is 9.31. The SMILES string of the molecule is COC(=O)N1CCNC2C(N3CCCC3)CCCC21. The third kappa shape index (κ3) is 2.46. The van der Waals surface area contributed by atoms with Crippen molar-refractivity contribution in [3.8, 4) is 0 Å². The van der Waals surface area contributed by atoms with Gasteiger partial charge in [-0.2, -0.15) is 0 Å². The van der Waals surface area contributed by atoms with Crippen LogP contribution in [0.5, 0.6) is 0 Å². The summed E-state index contributed by atoms with van der Waals surface area (Å²) >= 11 is 0. The monoisotopic (exact) mass is 267 g/mol. The minimum atomic E-state index is -0.154. The average molecular weight is 267 g/mol. The molecule has 1 N–H and O–H groups in total. The van der Waals surface area contributed by atoms with Crippen molar-refractivity contribution in [3.05, 3.63) is 0 Å². The maximum atomic E-state index is 11.9. The second kappa shape index (κ2) is 5.67. The summed E-state index contributed by atoms with van der Waals surface area (Å²) in [5.74, 6) is 0. The molecule has 19 heavy (non-hydrogen) atoms. The number of nitrogens with zero attached hydrogens (tertiary/aromatic N) is 2. The highest BCUT2D eigenvalue weighted by Gasteiger charge is 2.43. The van der Waals surface area contributed by atoms with E-state index in [1.54, 1.807) is 0 Å². The lowest BCUT2D eigenvalue weighted by Crippen LogP contribution is -2.67. The van der Waals surface area contributed by atoms with Crippen LogP contribution in [0.15, 0.2) is 0 Å². The lowest BCUT2D eigenvalue weighted by atomic mass is 9.83. The Morgan fingerprint density at radius 1 is 1.11 bits per heavy atom. The summed E-state index contributed by atoms with van der Waals surface area (Å²) in [5, 5.41) is 3.67. The first-order valence-corrected chi connectivity index (χ1v) is 7.63. The van der Waals surface area contributed by atoms with Gasteiger partial charge in [0, 0.05) is 25.2 Å². The predicted molar refractivity (Wildman–Crippen MR) is 73.1 cm³/mol. The minimum absolute atomic E-state index is 0.154. The normalized spacial score (nSPS) is 36.1. The Morgan fingerprint density at radius 2 is 1.84 bits per heavy atom. The Bertz CT molecular complexity index is 331. The summed E-state index contributed by atoms with van der Waals surface area (Å²) in [6.07, 6.45) is 6.10. The van der Waals surface area contributed by atoms with E-state index in [4.69, 9.17) is 4.74 Å². The van der Waals surface area contributed by atoms with E-state index in [0.29, 0.717) is 18.1 Å². The molecule has 2 heterocycles. The number of rotatable bonds is 1. The van der Waals surface area contributed by atoms with E-state index >= 15 is 0 Å². The van der Waals surface area contributed by atoms with Crippen LogP contribution in [-0.4, -0.2) is 67.3 Å². The lowest BCUT2D eigenvalue weighted by molar-refractivity contribution is 0.0286. The molecule has 0 aromatic rings. The molecule has 3 rings (SSSR count). The quantitative estimate of drug-likeness (QED) is 0.771. The fourth-order valence-electron chi connectivity index (χ4n) is 4.12. The number of carbonyl (C=O) groups is 1. The molecule has 0 spiro atoms. The van der Waals surface area contributed by atoms with Crippen molar-refractivity contribution in [2.45, 2.75) is 50.2 Å². The predicted octanol–water partition coefficient (Wildman–Crippen LogP) is 1.04. The summed E-state index contributed by atoms with van der Waals surface area (Å²) in [6.45, 7) is 4.13. The topological polar surface area (TPSA) is 44.8 Å². The van der Waals surface area contributed by atoms with Crippen LogP contribution in [0.25, 0.3) is 0 Å². The molecular formula is C14H25N3O2. The van der Waals surface area contributed by atoms with Crippen LogP contribution < -0.4 is 5.32 Å². The lowest BCUT2D eigenvalue weighted by Gasteiger charge is -2.49. The number of hydrogen-bond acceptors (Lipinski definition) is 4. The Morgan fingerprint density at radius 3 is 2.58 bits per heavy atom. The van der Waals surface area contributed by atoms with E-state index in [0.717, 1.165) is 19.5 Å². The number of likely N-dealkylation sites (tertiary alicyclic amines) is 1. The third-order valence-electron chi connectivity index (χ3n) is 4.98. The van der Waals surface area contributed by atoms with Gasteiger partial charge >= 0.3 is 6.09 Å². The van der Waals surface area contributed by atoms with E-state index in [1.807, 2.05) is 4.90 Å². The molecular weight excluding hydrogens is 242 g/mol. The number of amides is 1.